The quantitative estimate of drug-likeness (QED) is 0.433. The molecule has 0 radical (unpaired) electrons. The number of aliphatic hydroxyl groups excluding tert-OH is 1. The third kappa shape index (κ3) is 5.58. The smallest absolute Gasteiger partial charge is 0.142 e. The summed E-state index contributed by atoms with van der Waals surface area (Å²) in [6.45, 7) is 2.07. The summed E-state index contributed by atoms with van der Waals surface area (Å²) in [6, 6.07) is 28.5. The maximum Gasteiger partial charge on any atom is 0.142 e. The van der Waals surface area contributed by atoms with E-state index in [9.17, 15) is 9.90 Å². The Morgan fingerprint density at radius 2 is 1.42 bits per heavy atom. The van der Waals surface area contributed by atoms with Crippen LogP contribution < -0.4 is 0 Å². The molecular weight excluding hydrogens is 404 g/mol. The van der Waals surface area contributed by atoms with E-state index < -0.39 is 11.5 Å². The van der Waals surface area contributed by atoms with Gasteiger partial charge < -0.3 is 5.11 Å². The normalized spacial score (nSPS) is 23.4. The number of hydrogen-bond donors (Lipinski definition) is 1. The zero-order valence-corrected chi connectivity index (χ0v) is 19.2. The third-order valence-electron chi connectivity index (χ3n) is 6.83. The first-order valence-corrected chi connectivity index (χ1v) is 11.8. The third-order valence-corrected chi connectivity index (χ3v) is 6.83. The number of allylic oxidation sites excluding steroid dienone is 2. The summed E-state index contributed by atoms with van der Waals surface area (Å²) in [6.07, 6.45) is 9.66. The maximum atomic E-state index is 13.7. The zero-order chi connectivity index (χ0) is 23.1. The van der Waals surface area contributed by atoms with E-state index in [-0.39, 0.29) is 11.7 Å². The van der Waals surface area contributed by atoms with E-state index in [1.807, 2.05) is 66.7 Å². The Hall–Kier alpha value is -3.23. The fraction of sp³-hybridized carbons (Fsp3) is 0.258. The minimum absolute atomic E-state index is 0.0664. The summed E-state index contributed by atoms with van der Waals surface area (Å²) in [5.41, 5.74) is 3.74. The molecule has 3 aromatic rings. The van der Waals surface area contributed by atoms with Crippen LogP contribution in [0.4, 0.5) is 0 Å². The molecule has 1 N–H and O–H groups in total. The van der Waals surface area contributed by atoms with Gasteiger partial charge >= 0.3 is 0 Å². The molecule has 2 atom stereocenters. The molecule has 4 rings (SSSR count). The van der Waals surface area contributed by atoms with Gasteiger partial charge in [0, 0.05) is 6.42 Å². The molecule has 1 fully saturated rings. The van der Waals surface area contributed by atoms with Gasteiger partial charge in [0.2, 0.25) is 0 Å². The topological polar surface area (TPSA) is 37.3 Å². The van der Waals surface area contributed by atoms with Crippen molar-refractivity contribution in [1.82, 2.24) is 0 Å². The molecule has 0 heterocycles. The minimum Gasteiger partial charge on any atom is -0.392 e. The van der Waals surface area contributed by atoms with Crippen molar-refractivity contribution in [1.29, 1.82) is 0 Å². The largest absolute Gasteiger partial charge is 0.392 e. The second-order valence-electron chi connectivity index (χ2n) is 9.18. The molecule has 168 valence electrons. The van der Waals surface area contributed by atoms with Gasteiger partial charge in [0.25, 0.3) is 0 Å². The number of aliphatic hydroxyl groups is 1. The van der Waals surface area contributed by atoms with Crippen LogP contribution in [-0.2, 0) is 4.79 Å². The first-order chi connectivity index (χ1) is 16.1. The lowest BCUT2D eigenvalue weighted by Gasteiger charge is -2.42. The maximum absolute atomic E-state index is 13.7. The Labute approximate surface area is 197 Å². The molecule has 3 aromatic carbocycles. The number of rotatable bonds is 7. The highest BCUT2D eigenvalue weighted by atomic mass is 16.3. The van der Waals surface area contributed by atoms with Gasteiger partial charge in [-0.1, -0.05) is 115 Å². The van der Waals surface area contributed by atoms with Crippen LogP contribution in [0.3, 0.4) is 0 Å². The standard InChI is InChI=1S/C31H32O2/c1-24-11-8-18-27(21-24)28-22-29(32)31(30(33)23-28,19-9-16-25-12-4-2-5-13-25)20-10-17-26-14-6-3-7-15-26/h2-18,21,28-29,32H,19-20,22-23H2,1H3. The Kier molecular flexibility index (Phi) is 7.36. The lowest BCUT2D eigenvalue weighted by molar-refractivity contribution is -0.140. The average molecular weight is 437 g/mol. The van der Waals surface area contributed by atoms with Crippen molar-refractivity contribution in [2.75, 3.05) is 0 Å². The van der Waals surface area contributed by atoms with Crippen LogP contribution in [-0.4, -0.2) is 17.0 Å². The molecule has 2 heteroatoms. The van der Waals surface area contributed by atoms with E-state index >= 15 is 0 Å². The molecule has 1 aliphatic carbocycles. The van der Waals surface area contributed by atoms with Crippen molar-refractivity contribution < 1.29 is 9.90 Å². The van der Waals surface area contributed by atoms with Crippen molar-refractivity contribution in [2.24, 2.45) is 5.41 Å². The number of benzene rings is 3. The van der Waals surface area contributed by atoms with Crippen LogP contribution in [0.15, 0.2) is 97.1 Å². The second-order valence-corrected chi connectivity index (χ2v) is 9.18. The molecule has 1 aliphatic rings. The van der Waals surface area contributed by atoms with Crippen LogP contribution >= 0.6 is 0 Å². The van der Waals surface area contributed by atoms with Gasteiger partial charge in [-0.15, -0.1) is 0 Å². The predicted molar refractivity (Wildman–Crippen MR) is 137 cm³/mol. The van der Waals surface area contributed by atoms with Crippen molar-refractivity contribution in [2.45, 2.75) is 44.6 Å². The number of hydrogen-bond acceptors (Lipinski definition) is 2. The molecule has 0 saturated heterocycles. The van der Waals surface area contributed by atoms with Crippen molar-refractivity contribution in [3.8, 4) is 0 Å². The number of Topliss-reactive ketones (excluding diaryl/α,β-unsaturated/α-hetero) is 1. The first kappa shape index (κ1) is 22.9. The highest BCUT2D eigenvalue weighted by Crippen LogP contribution is 2.46. The molecule has 33 heavy (non-hydrogen) atoms. The van der Waals surface area contributed by atoms with Crippen LogP contribution in [0, 0.1) is 12.3 Å². The van der Waals surface area contributed by atoms with E-state index in [0.717, 1.165) is 16.7 Å². The van der Waals surface area contributed by atoms with Gasteiger partial charge in [-0.2, -0.15) is 0 Å². The fourth-order valence-electron chi connectivity index (χ4n) is 4.89. The molecule has 1 saturated carbocycles. The summed E-state index contributed by atoms with van der Waals surface area (Å²) < 4.78 is 0. The Balaban J connectivity index is 1.57. The van der Waals surface area contributed by atoms with Gasteiger partial charge in [-0.05, 0) is 48.8 Å². The Bertz CT molecular complexity index is 1060. The van der Waals surface area contributed by atoms with E-state index in [4.69, 9.17) is 0 Å². The van der Waals surface area contributed by atoms with Gasteiger partial charge in [0.05, 0.1) is 11.5 Å². The molecule has 0 bridgehead atoms. The van der Waals surface area contributed by atoms with Gasteiger partial charge in [-0.25, -0.2) is 0 Å². The molecule has 0 aromatic heterocycles. The lowest BCUT2D eigenvalue weighted by atomic mass is 9.62. The van der Waals surface area contributed by atoms with E-state index in [0.29, 0.717) is 25.7 Å². The molecule has 0 aliphatic heterocycles. The summed E-state index contributed by atoms with van der Waals surface area (Å²) in [7, 11) is 0. The zero-order valence-electron chi connectivity index (χ0n) is 19.2. The van der Waals surface area contributed by atoms with E-state index in [1.165, 1.54) is 5.56 Å². The van der Waals surface area contributed by atoms with Crippen molar-refractivity contribution in [3.63, 3.8) is 0 Å². The number of carbonyl (C=O) groups excluding carboxylic acids is 1. The highest BCUT2D eigenvalue weighted by Gasteiger charge is 2.48. The number of aryl methyl sites for hydroxylation is 1. The minimum atomic E-state index is -0.795. The van der Waals surface area contributed by atoms with Crippen LogP contribution in [0.1, 0.15) is 53.9 Å². The summed E-state index contributed by atoms with van der Waals surface area (Å²) in [5, 5.41) is 11.4. The lowest BCUT2D eigenvalue weighted by Crippen LogP contribution is -2.47. The fourth-order valence-corrected chi connectivity index (χ4v) is 4.89. The molecule has 0 spiro atoms. The average Bonchev–Trinajstić information content (AvgIpc) is 2.83. The van der Waals surface area contributed by atoms with E-state index in [2.05, 4.69) is 49.4 Å². The second kappa shape index (κ2) is 10.6. The van der Waals surface area contributed by atoms with Crippen LogP contribution in [0.25, 0.3) is 12.2 Å². The van der Waals surface area contributed by atoms with Gasteiger partial charge in [-0.3, -0.25) is 4.79 Å². The van der Waals surface area contributed by atoms with Crippen LogP contribution in [0.2, 0.25) is 0 Å². The Morgan fingerprint density at radius 3 is 1.94 bits per heavy atom. The van der Waals surface area contributed by atoms with Gasteiger partial charge in [0.1, 0.15) is 5.78 Å². The van der Waals surface area contributed by atoms with Crippen molar-refractivity contribution in [3.05, 3.63) is 119 Å². The predicted octanol–water partition coefficient (Wildman–Crippen LogP) is 7.00. The van der Waals surface area contributed by atoms with Crippen molar-refractivity contribution >= 4 is 17.9 Å². The highest BCUT2D eigenvalue weighted by molar-refractivity contribution is 5.88. The van der Waals surface area contributed by atoms with Crippen LogP contribution in [0.5, 0.6) is 0 Å². The van der Waals surface area contributed by atoms with Gasteiger partial charge in [0.15, 0.2) is 0 Å². The van der Waals surface area contributed by atoms with E-state index in [1.54, 1.807) is 0 Å². The summed E-state index contributed by atoms with van der Waals surface area (Å²) >= 11 is 0. The summed E-state index contributed by atoms with van der Waals surface area (Å²) in [5.74, 6) is 0.222. The molecule has 2 nitrogen and oxygen atoms in total. The monoisotopic (exact) mass is 436 g/mol. The Morgan fingerprint density at radius 1 is 0.848 bits per heavy atom. The number of carbonyl (C=O) groups is 1. The SMILES string of the molecule is Cc1cccc(C2CC(=O)C(CC=Cc3ccccc3)(CC=Cc3ccccc3)C(O)C2)c1. The molecule has 2 unspecified atom stereocenters. The summed E-state index contributed by atoms with van der Waals surface area (Å²) in [4.78, 5) is 13.7. The number of ketones is 1. The molecular formula is C31H32O2. The molecule has 0 amide bonds. The first-order valence-electron chi connectivity index (χ1n) is 11.8.